The van der Waals surface area contributed by atoms with Crippen LogP contribution in [0.4, 0.5) is 0 Å². The average molecular weight is 377 g/mol. The third kappa shape index (κ3) is 2.88. The van der Waals surface area contributed by atoms with Gasteiger partial charge in [0.05, 0.1) is 18.4 Å². The van der Waals surface area contributed by atoms with E-state index in [1.807, 2.05) is 30.3 Å². The van der Waals surface area contributed by atoms with E-state index in [0.717, 1.165) is 10.8 Å². The number of hydrogen-bond donors (Lipinski definition) is 1. The molecule has 1 N–H and O–H groups in total. The van der Waals surface area contributed by atoms with Crippen LogP contribution < -0.4 is 0 Å². The Hall–Kier alpha value is -3.38. The van der Waals surface area contributed by atoms with Gasteiger partial charge in [0.25, 0.3) is 11.7 Å². The second-order valence-electron chi connectivity index (χ2n) is 6.53. The zero-order valence-electron chi connectivity index (χ0n) is 15.3. The van der Waals surface area contributed by atoms with E-state index in [1.54, 1.807) is 24.3 Å². The lowest BCUT2D eigenvalue weighted by atomic mass is 9.96. The minimum absolute atomic E-state index is 0.0207. The molecule has 28 heavy (non-hydrogen) atoms. The molecule has 1 unspecified atom stereocenters. The number of ether oxygens (including phenoxy) is 1. The summed E-state index contributed by atoms with van der Waals surface area (Å²) in [5, 5.41) is 12.8. The van der Waals surface area contributed by atoms with E-state index in [9.17, 15) is 14.7 Å². The number of Topliss-reactive ketones (excluding diaryl/α,β-unsaturated/α-hetero) is 1. The predicted octanol–water partition coefficient (Wildman–Crippen LogP) is 3.50. The van der Waals surface area contributed by atoms with Crippen LogP contribution in [-0.4, -0.2) is 42.0 Å². The Bertz CT molecular complexity index is 1060. The number of carbonyl (C=O) groups excluding carboxylic acids is 2. The fourth-order valence-corrected chi connectivity index (χ4v) is 3.62. The van der Waals surface area contributed by atoms with Crippen molar-refractivity contribution in [1.29, 1.82) is 0 Å². The third-order valence-corrected chi connectivity index (χ3v) is 4.93. The van der Waals surface area contributed by atoms with Gasteiger partial charge in [0.1, 0.15) is 17.6 Å². The fraction of sp³-hybridized carbons (Fsp3) is 0.182. The first-order valence-corrected chi connectivity index (χ1v) is 8.92. The maximum absolute atomic E-state index is 12.8. The Morgan fingerprint density at radius 1 is 1.11 bits per heavy atom. The monoisotopic (exact) mass is 377 g/mol. The first kappa shape index (κ1) is 18.0. The number of likely N-dealkylation sites (tertiary alicyclic amines) is 1. The molecule has 3 aromatic rings. The quantitative estimate of drug-likeness (QED) is 0.418. The van der Waals surface area contributed by atoms with Crippen LogP contribution in [0.5, 0.6) is 0 Å². The molecule has 0 radical (unpaired) electrons. The molecule has 0 saturated carbocycles. The number of aliphatic hydroxyl groups is 1. The molecule has 1 aliphatic rings. The van der Waals surface area contributed by atoms with E-state index in [4.69, 9.17) is 9.15 Å². The Kier molecular flexibility index (Phi) is 4.71. The first-order valence-electron chi connectivity index (χ1n) is 8.92. The van der Waals surface area contributed by atoms with Crippen molar-refractivity contribution in [2.24, 2.45) is 0 Å². The molecule has 0 aliphatic carbocycles. The molecule has 1 aromatic heterocycles. The minimum atomic E-state index is -0.802. The van der Waals surface area contributed by atoms with Gasteiger partial charge in [-0.1, -0.05) is 42.5 Å². The first-order chi connectivity index (χ1) is 13.6. The zero-order valence-corrected chi connectivity index (χ0v) is 15.3. The highest BCUT2D eigenvalue weighted by atomic mass is 16.5. The number of benzene rings is 2. The van der Waals surface area contributed by atoms with Gasteiger partial charge in [0, 0.05) is 19.2 Å². The number of amides is 1. The maximum Gasteiger partial charge on any atom is 0.295 e. The molecule has 6 nitrogen and oxygen atoms in total. The molecule has 6 heteroatoms. The number of rotatable bonds is 5. The van der Waals surface area contributed by atoms with Crippen LogP contribution in [0, 0.1) is 0 Å². The average Bonchev–Trinajstić information content (AvgIpc) is 3.33. The summed E-state index contributed by atoms with van der Waals surface area (Å²) >= 11 is 0. The molecule has 1 fully saturated rings. The van der Waals surface area contributed by atoms with Crippen LogP contribution in [0.1, 0.15) is 17.4 Å². The van der Waals surface area contributed by atoms with E-state index < -0.39 is 17.7 Å². The van der Waals surface area contributed by atoms with Gasteiger partial charge in [-0.2, -0.15) is 0 Å². The lowest BCUT2D eigenvalue weighted by molar-refractivity contribution is -0.140. The number of ketones is 1. The minimum Gasteiger partial charge on any atom is -0.507 e. The highest BCUT2D eigenvalue weighted by molar-refractivity contribution is 6.46. The number of furan rings is 1. The van der Waals surface area contributed by atoms with Gasteiger partial charge in [-0.3, -0.25) is 9.59 Å². The van der Waals surface area contributed by atoms with Crippen LogP contribution in [0.15, 0.2) is 70.9 Å². The number of nitrogens with zero attached hydrogens (tertiary/aromatic N) is 1. The molecular weight excluding hydrogens is 358 g/mol. The summed E-state index contributed by atoms with van der Waals surface area (Å²) in [4.78, 5) is 26.9. The van der Waals surface area contributed by atoms with Crippen molar-refractivity contribution in [3.05, 3.63) is 77.8 Å². The Labute approximate surface area is 161 Å². The van der Waals surface area contributed by atoms with Gasteiger partial charge in [0.2, 0.25) is 0 Å². The van der Waals surface area contributed by atoms with E-state index in [1.165, 1.54) is 18.3 Å². The van der Waals surface area contributed by atoms with Gasteiger partial charge in [0.15, 0.2) is 0 Å². The normalized spacial score (nSPS) is 18.9. The Morgan fingerprint density at radius 2 is 1.89 bits per heavy atom. The predicted molar refractivity (Wildman–Crippen MR) is 104 cm³/mol. The molecule has 142 valence electrons. The number of methoxy groups -OCH3 is 1. The SMILES string of the molecule is COCCN1C(=O)C(=O)/C(=C(\O)c2cccc3ccccc23)C1c1ccco1. The van der Waals surface area contributed by atoms with E-state index in [-0.39, 0.29) is 24.5 Å². The van der Waals surface area contributed by atoms with Crippen molar-refractivity contribution >= 4 is 28.2 Å². The van der Waals surface area contributed by atoms with Crippen molar-refractivity contribution in [3.63, 3.8) is 0 Å². The third-order valence-electron chi connectivity index (χ3n) is 4.93. The summed E-state index contributed by atoms with van der Waals surface area (Å²) in [6, 6.07) is 15.6. The molecule has 1 saturated heterocycles. The summed E-state index contributed by atoms with van der Waals surface area (Å²) in [6.07, 6.45) is 1.48. The van der Waals surface area contributed by atoms with Crippen LogP contribution in [0.2, 0.25) is 0 Å². The molecule has 1 aliphatic heterocycles. The Balaban J connectivity index is 1.92. The number of carbonyl (C=O) groups is 2. The van der Waals surface area contributed by atoms with Gasteiger partial charge >= 0.3 is 0 Å². The Morgan fingerprint density at radius 3 is 2.64 bits per heavy atom. The van der Waals surface area contributed by atoms with Gasteiger partial charge in [-0.25, -0.2) is 0 Å². The standard InChI is InChI=1S/C22H19NO5/c1-27-13-11-23-19(17-10-5-12-28-17)18(21(25)22(23)26)20(24)16-9-4-7-14-6-2-3-8-15(14)16/h2-10,12,19,24H,11,13H2,1H3/b20-18-. The molecule has 1 atom stereocenters. The summed E-state index contributed by atoms with van der Waals surface area (Å²) < 4.78 is 10.6. The van der Waals surface area contributed by atoms with E-state index >= 15 is 0 Å². The molecule has 1 amide bonds. The van der Waals surface area contributed by atoms with E-state index in [0.29, 0.717) is 11.3 Å². The lowest BCUT2D eigenvalue weighted by Gasteiger charge is -2.22. The second-order valence-corrected chi connectivity index (χ2v) is 6.53. The van der Waals surface area contributed by atoms with Crippen molar-refractivity contribution in [2.45, 2.75) is 6.04 Å². The van der Waals surface area contributed by atoms with Crippen LogP contribution >= 0.6 is 0 Å². The number of aliphatic hydroxyl groups excluding tert-OH is 1. The van der Waals surface area contributed by atoms with E-state index in [2.05, 4.69) is 0 Å². The highest BCUT2D eigenvalue weighted by Gasteiger charge is 2.47. The second kappa shape index (κ2) is 7.32. The van der Waals surface area contributed by atoms with Gasteiger partial charge in [-0.05, 0) is 22.9 Å². The molecule has 0 bridgehead atoms. The maximum atomic E-state index is 12.8. The molecular formula is C22H19NO5. The van der Waals surface area contributed by atoms with Gasteiger partial charge < -0.3 is 19.2 Å². The number of fused-ring (bicyclic) bond motifs is 1. The molecule has 0 spiro atoms. The van der Waals surface area contributed by atoms with Gasteiger partial charge in [-0.15, -0.1) is 0 Å². The summed E-state index contributed by atoms with van der Waals surface area (Å²) in [5.41, 5.74) is 0.520. The van der Waals surface area contributed by atoms with Crippen molar-refractivity contribution in [3.8, 4) is 0 Å². The molecule has 2 aromatic carbocycles. The fourth-order valence-electron chi connectivity index (χ4n) is 3.62. The summed E-state index contributed by atoms with van der Waals surface area (Å²) in [5.74, 6) is -1.21. The summed E-state index contributed by atoms with van der Waals surface area (Å²) in [7, 11) is 1.52. The zero-order chi connectivity index (χ0) is 19.7. The molecule has 2 heterocycles. The molecule has 4 rings (SSSR count). The van der Waals surface area contributed by atoms with Crippen LogP contribution in [0.3, 0.4) is 0 Å². The van der Waals surface area contributed by atoms with Crippen LogP contribution in [0.25, 0.3) is 16.5 Å². The lowest BCUT2D eigenvalue weighted by Crippen LogP contribution is -2.32. The van der Waals surface area contributed by atoms with Crippen LogP contribution in [-0.2, 0) is 14.3 Å². The van der Waals surface area contributed by atoms with Crippen molar-refractivity contribution in [2.75, 3.05) is 20.3 Å². The largest absolute Gasteiger partial charge is 0.507 e. The number of hydrogen-bond acceptors (Lipinski definition) is 5. The van der Waals surface area contributed by atoms with Crippen molar-refractivity contribution in [1.82, 2.24) is 4.90 Å². The summed E-state index contributed by atoms with van der Waals surface area (Å²) in [6.45, 7) is 0.470. The highest BCUT2D eigenvalue weighted by Crippen LogP contribution is 2.40. The smallest absolute Gasteiger partial charge is 0.295 e. The van der Waals surface area contributed by atoms with Crippen molar-refractivity contribution < 1.29 is 23.8 Å². The topological polar surface area (TPSA) is 80.0 Å².